The lowest BCUT2D eigenvalue weighted by atomic mass is 10.0. The number of rotatable bonds is 26. The van der Waals surface area contributed by atoms with Gasteiger partial charge in [0.05, 0.1) is 88.4 Å². The lowest BCUT2D eigenvalue weighted by Crippen LogP contribution is -2.48. The Labute approximate surface area is 794 Å². The van der Waals surface area contributed by atoms with E-state index in [0.29, 0.717) is 117 Å². The molecular formula is C89H89N29O15S4. The van der Waals surface area contributed by atoms with Crippen molar-refractivity contribution in [2.75, 3.05) is 21.3 Å². The largest absolute Gasteiger partial charge is 0.519 e. The number of hydrogen-bond donors (Lipinski definition) is 7. The normalized spacial score (nSPS) is 11.7. The van der Waals surface area contributed by atoms with E-state index < -0.39 is 65.2 Å². The molecule has 0 saturated heterocycles. The van der Waals surface area contributed by atoms with Crippen molar-refractivity contribution < 1.29 is 66.5 Å². The van der Waals surface area contributed by atoms with Gasteiger partial charge in [0.15, 0.2) is 5.76 Å². The van der Waals surface area contributed by atoms with E-state index in [1.807, 2.05) is 68.4 Å². The van der Waals surface area contributed by atoms with Crippen LogP contribution in [0, 0.1) is 18.8 Å². The van der Waals surface area contributed by atoms with Crippen LogP contribution in [0.4, 0.5) is 32.3 Å². The van der Waals surface area contributed by atoms with E-state index in [1.54, 1.807) is 214 Å². The van der Waals surface area contributed by atoms with Gasteiger partial charge < -0.3 is 54.7 Å². The van der Waals surface area contributed by atoms with Crippen molar-refractivity contribution in [2.24, 2.45) is 33.0 Å². The van der Waals surface area contributed by atoms with Crippen molar-refractivity contribution in [1.29, 1.82) is 0 Å². The maximum absolute atomic E-state index is 13.1. The molecule has 0 radical (unpaired) electrons. The first-order valence-electron chi connectivity index (χ1n) is 41.8. The second-order valence-corrected chi connectivity index (χ2v) is 35.8. The van der Waals surface area contributed by atoms with E-state index in [1.165, 1.54) is 77.1 Å². The van der Waals surface area contributed by atoms with Gasteiger partial charge in [0.1, 0.15) is 89.5 Å². The number of nitrogens with zero attached hydrogens (tertiary/aromatic N) is 23. The summed E-state index contributed by atoms with van der Waals surface area (Å²) in [4.78, 5) is 147. The zero-order valence-corrected chi connectivity index (χ0v) is 79.0. The van der Waals surface area contributed by atoms with Crippen LogP contribution >= 0.6 is 45.3 Å². The van der Waals surface area contributed by atoms with E-state index in [4.69, 9.17) is 23.0 Å². The number of thiazole rings is 4. The second kappa shape index (κ2) is 42.6. The number of H-pyrrole nitrogens is 1. The Bertz CT molecular complexity index is 7160. The zero-order valence-electron chi connectivity index (χ0n) is 75.8. The maximum atomic E-state index is 13.1. The molecule has 704 valence electrons. The first-order chi connectivity index (χ1) is 65.5. The number of aryl methyl sites for hydroxylation is 4. The summed E-state index contributed by atoms with van der Waals surface area (Å²) in [5.74, 6) is -2.94. The van der Waals surface area contributed by atoms with Gasteiger partial charge in [-0.3, -0.25) is 77.2 Å². The number of esters is 1. The molecule has 5 amide bonds. The Kier molecular flexibility index (Phi) is 30.0. The average Bonchev–Trinajstić information content (AvgIpc) is 1.67. The summed E-state index contributed by atoms with van der Waals surface area (Å²) >= 11 is 5.15. The number of carbonyl (C=O) groups is 8. The van der Waals surface area contributed by atoms with Crippen molar-refractivity contribution in [3.63, 3.8) is 0 Å². The van der Waals surface area contributed by atoms with E-state index in [-0.39, 0.29) is 53.8 Å². The van der Waals surface area contributed by atoms with Gasteiger partial charge >= 0.3 is 24.0 Å². The molecule has 0 aromatic carbocycles. The lowest BCUT2D eigenvalue weighted by Gasteiger charge is -2.24. The predicted molar refractivity (Wildman–Crippen MR) is 505 cm³/mol. The van der Waals surface area contributed by atoms with Gasteiger partial charge in [-0.05, 0) is 96.0 Å². The van der Waals surface area contributed by atoms with Crippen molar-refractivity contribution in [2.45, 2.75) is 113 Å². The molecule has 137 heavy (non-hydrogen) atoms. The molecule has 0 aliphatic heterocycles. The van der Waals surface area contributed by atoms with Gasteiger partial charge in [-0.25, -0.2) is 39.0 Å². The molecule has 0 fully saturated rings. The topological polar surface area (TPSA) is 545 Å². The van der Waals surface area contributed by atoms with Gasteiger partial charge in [0.25, 0.3) is 29.5 Å². The fourth-order valence-electron chi connectivity index (χ4n) is 12.6. The van der Waals surface area contributed by atoms with Crippen LogP contribution in [-0.2, 0) is 53.2 Å². The highest BCUT2D eigenvalue weighted by Crippen LogP contribution is 2.34. The molecule has 0 saturated carbocycles. The smallest absolute Gasteiger partial charge is 0.444 e. The van der Waals surface area contributed by atoms with Crippen LogP contribution in [-0.4, -0.2) is 195 Å². The highest BCUT2D eigenvalue weighted by molar-refractivity contribution is 7.14. The third-order valence-electron chi connectivity index (χ3n) is 18.8. The van der Waals surface area contributed by atoms with Crippen LogP contribution in [0.2, 0.25) is 0 Å². The first kappa shape index (κ1) is 96.6. The van der Waals surface area contributed by atoms with Gasteiger partial charge in [0.2, 0.25) is 6.29 Å². The van der Waals surface area contributed by atoms with E-state index in [9.17, 15) is 48.3 Å². The first-order valence-corrected chi connectivity index (χ1v) is 45.3. The zero-order chi connectivity index (χ0) is 97.5. The van der Waals surface area contributed by atoms with Crippen molar-refractivity contribution in [1.82, 2.24) is 124 Å². The number of aromatic nitrogens is 24. The van der Waals surface area contributed by atoms with Gasteiger partial charge in [-0.15, -0.1) is 45.3 Å². The maximum Gasteiger partial charge on any atom is 0.519 e. The van der Waals surface area contributed by atoms with Crippen LogP contribution in [0.25, 0.3) is 87.8 Å². The minimum atomic E-state index is -1.07. The number of hydrogen-bond acceptors (Lipinski definition) is 35. The molecule has 44 nitrogen and oxygen atoms in total. The van der Waals surface area contributed by atoms with Gasteiger partial charge in [-0.2, -0.15) is 45.5 Å². The summed E-state index contributed by atoms with van der Waals surface area (Å²) in [6, 6.07) is 21.0. The molecule has 48 heteroatoms. The third kappa shape index (κ3) is 25.3. The predicted octanol–water partition coefficient (Wildman–Crippen LogP) is 13.6. The van der Waals surface area contributed by atoms with Crippen LogP contribution < -0.4 is 32.4 Å². The number of anilines is 4. The molecule has 17 rings (SSSR count). The highest BCUT2D eigenvalue weighted by Gasteiger charge is 2.31. The standard InChI is InChI=1S/C26H30N8O4S.C23H23N7O5S.C21H17N7O4S.C19H19N7O2S/c1-15(2)20(31-25(37)38-26(3,4)5)24(36)34-12-16(11-28-34)23-30-19(14-39-23)22(35)29-18-13-33(6)32-21(18)17-9-7-8-10-27-17;1-13(2)22(32)34-14(3)35-23(33)30-10-15(9-25-30)21-27-18(12-36-21)20(31)26-17-11-29(4)28-19(17)16-7-5-6-8-24-16;1-12-17(32-21(30)31-12)10-28-8-13(7-23-28)20-25-16(11-33-20)19(29)24-15-9-27(2)26-18(15)14-5-3-4-6-22-14;1-19(2,28)11-26-9-14(16(25-26)13-5-3-4-6-20-13)23-17(27)15-10-29-18(24-15)12-7-21-22-8-12/h7-15,20H,1-6H3,(H,29,35)(H,31,37);5-14H,1-4H3,(H,26,31);3-9,11H,10H2,1-2H3,(H,24,29);3-10,28H,11H2,1-2H3,(H,21,22)(H,23,27)/t20-;;;/m1.../s1. The Hall–Kier alpha value is -16.5. The monoisotopic (exact) mass is 1930 g/mol. The molecule has 17 heterocycles. The minimum absolute atomic E-state index is 0.190. The molecule has 0 bridgehead atoms. The molecule has 17 aromatic rings. The molecule has 2 atom stereocenters. The Balaban J connectivity index is 0.000000147. The van der Waals surface area contributed by atoms with Crippen molar-refractivity contribution in [3.05, 3.63) is 238 Å². The van der Waals surface area contributed by atoms with E-state index in [0.717, 1.165) is 20.5 Å². The third-order valence-corrected chi connectivity index (χ3v) is 22.4. The summed E-state index contributed by atoms with van der Waals surface area (Å²) in [6.45, 7) is 19.2. The number of aliphatic hydroxyl groups is 1. The Morgan fingerprint density at radius 1 is 0.489 bits per heavy atom. The lowest BCUT2D eigenvalue weighted by molar-refractivity contribution is -0.168. The number of alkyl carbamates (subject to hydrolysis) is 1. The fourth-order valence-corrected chi connectivity index (χ4v) is 15.7. The molecule has 17 aromatic heterocycles. The Morgan fingerprint density at radius 2 is 0.898 bits per heavy atom. The van der Waals surface area contributed by atoms with E-state index >= 15 is 0 Å². The summed E-state index contributed by atoms with van der Waals surface area (Å²) in [7, 11) is 5.28. The highest BCUT2D eigenvalue weighted by atomic mass is 32.1. The summed E-state index contributed by atoms with van der Waals surface area (Å²) in [6.07, 6.45) is 23.5. The van der Waals surface area contributed by atoms with Crippen molar-refractivity contribution in [3.8, 4) is 87.8 Å². The molecule has 0 spiro atoms. The van der Waals surface area contributed by atoms with Crippen LogP contribution in [0.1, 0.15) is 128 Å². The van der Waals surface area contributed by atoms with E-state index in [2.05, 4.69) is 112 Å². The second-order valence-electron chi connectivity index (χ2n) is 32.4. The minimum Gasteiger partial charge on any atom is -0.444 e. The Morgan fingerprint density at radius 3 is 1.28 bits per heavy atom. The number of carbonyl (C=O) groups excluding carboxylic acids is 8. The van der Waals surface area contributed by atoms with Gasteiger partial charge in [-0.1, -0.05) is 52.0 Å². The summed E-state index contributed by atoms with van der Waals surface area (Å²) in [5, 5.41) is 69.8. The van der Waals surface area contributed by atoms with Crippen molar-refractivity contribution >= 4 is 116 Å². The number of pyridine rings is 4. The van der Waals surface area contributed by atoms with Crippen LogP contribution in [0.5, 0.6) is 0 Å². The fraction of sp³-hybridized carbons (Fsp3) is 0.247. The SMILES string of the molecule is CC(C)(O)Cn1cc(NC(=O)c2csc(-c3cn[nH]c3)n2)c(-c2ccccn2)n1.CC(C)[C@@H](NC(=O)OC(C)(C)C)C(=O)n1cc(-c2nc(C(=O)Nc3cn(C)nc3-c3ccccn3)cs2)cn1.CC(OC(=O)C(C)C)OC(=O)n1cc(-c2nc(C(=O)Nc3cn(C)nc3-c3ccccn3)cs2)cn1.Cc1oc(=O)oc1Cn1cc(-c2nc(C(=O)Nc3cn(C)nc3-c3ccccn3)cs2)cn1. The number of ether oxygens (including phenoxy) is 3. The van der Waals surface area contributed by atoms with Crippen LogP contribution in [0.15, 0.2) is 207 Å². The molecule has 0 aliphatic carbocycles. The average molecular weight is 1930 g/mol. The van der Waals surface area contributed by atoms with Gasteiger partial charge in [0, 0.05) is 146 Å². The molecule has 0 aliphatic rings. The summed E-state index contributed by atoms with van der Waals surface area (Å²) in [5.41, 5.74) is 8.69. The number of amides is 5. The number of aromatic amines is 1. The van der Waals surface area contributed by atoms with Crippen LogP contribution in [0.3, 0.4) is 0 Å². The molecule has 7 N–H and O–H groups in total. The number of nitrogens with one attached hydrogen (secondary N) is 6. The summed E-state index contributed by atoms with van der Waals surface area (Å²) < 4.78 is 35.4. The molecule has 1 unspecified atom stereocenters. The quantitative estimate of drug-likeness (QED) is 0.0195. The molecular weight excluding hydrogens is 1840 g/mol.